The highest BCUT2D eigenvalue weighted by Crippen LogP contribution is 2.25. The van der Waals surface area contributed by atoms with Gasteiger partial charge in [-0.2, -0.15) is 0 Å². The minimum Gasteiger partial charge on any atom is -0.371 e. The van der Waals surface area contributed by atoms with Crippen molar-refractivity contribution < 1.29 is 9.59 Å². The molecule has 0 aliphatic carbocycles. The smallest absolute Gasteiger partial charge is 0.253 e. The molecule has 1 atom stereocenters. The number of piperidine rings is 1. The summed E-state index contributed by atoms with van der Waals surface area (Å²) < 4.78 is 0. The number of anilines is 1. The quantitative estimate of drug-likeness (QED) is 0.666. The molecule has 166 valence electrons. The van der Waals surface area contributed by atoms with E-state index >= 15 is 0 Å². The van der Waals surface area contributed by atoms with Gasteiger partial charge in [0.2, 0.25) is 5.91 Å². The summed E-state index contributed by atoms with van der Waals surface area (Å²) in [6, 6.07) is 18.0. The molecule has 5 nitrogen and oxygen atoms in total. The first-order chi connectivity index (χ1) is 15.0. The van der Waals surface area contributed by atoms with Crippen LogP contribution in [0.4, 0.5) is 5.69 Å². The second-order valence-electron chi connectivity index (χ2n) is 8.76. The van der Waals surface area contributed by atoms with Gasteiger partial charge in [0.1, 0.15) is 0 Å². The van der Waals surface area contributed by atoms with Crippen LogP contribution in [0.15, 0.2) is 54.6 Å². The molecule has 0 saturated carbocycles. The molecule has 0 aromatic heterocycles. The highest BCUT2D eigenvalue weighted by atomic mass is 16.2. The first kappa shape index (κ1) is 22.9. The zero-order chi connectivity index (χ0) is 22.2. The maximum atomic E-state index is 12.9. The van der Waals surface area contributed by atoms with Crippen molar-refractivity contribution in [2.24, 2.45) is 5.92 Å². The predicted molar refractivity (Wildman–Crippen MR) is 126 cm³/mol. The number of nitrogens with one attached hydrogen (secondary N) is 2. The van der Waals surface area contributed by atoms with Gasteiger partial charge in [0, 0.05) is 31.4 Å². The lowest BCUT2D eigenvalue weighted by molar-refractivity contribution is -0.123. The Kier molecular flexibility index (Phi) is 8.10. The minimum atomic E-state index is -0.107. The van der Waals surface area contributed by atoms with Crippen molar-refractivity contribution in [1.29, 1.82) is 0 Å². The van der Waals surface area contributed by atoms with Crippen LogP contribution in [0.3, 0.4) is 0 Å². The van der Waals surface area contributed by atoms with E-state index in [4.69, 9.17) is 0 Å². The van der Waals surface area contributed by atoms with E-state index in [1.807, 2.05) is 54.6 Å². The lowest BCUT2D eigenvalue weighted by atomic mass is 9.94. The standard InChI is InChI=1S/C26H35N3O2/c1-4-22(20-10-6-5-7-11-20)26(31)28-21-14-16-29(17-15-21)24-13-9-8-12-23(24)25(30)27-18-19(2)3/h5-13,19,21-22H,4,14-18H2,1-3H3,(H,27,30)(H,28,31). The fourth-order valence-electron chi connectivity index (χ4n) is 4.16. The predicted octanol–water partition coefficient (Wildman–Crippen LogP) is 4.35. The van der Waals surface area contributed by atoms with Crippen molar-refractivity contribution in [3.8, 4) is 0 Å². The monoisotopic (exact) mass is 421 g/mol. The third kappa shape index (κ3) is 6.09. The van der Waals surface area contributed by atoms with Crippen LogP contribution in [0.5, 0.6) is 0 Å². The van der Waals surface area contributed by atoms with Gasteiger partial charge >= 0.3 is 0 Å². The topological polar surface area (TPSA) is 61.4 Å². The molecule has 5 heteroatoms. The second-order valence-corrected chi connectivity index (χ2v) is 8.76. The molecule has 2 aromatic carbocycles. The summed E-state index contributed by atoms with van der Waals surface area (Å²) in [6.07, 6.45) is 2.53. The third-order valence-electron chi connectivity index (χ3n) is 5.93. The fraction of sp³-hybridized carbons (Fsp3) is 0.462. The summed E-state index contributed by atoms with van der Waals surface area (Å²) in [7, 11) is 0. The molecule has 31 heavy (non-hydrogen) atoms. The minimum absolute atomic E-state index is 0.0200. The molecule has 1 aliphatic rings. The van der Waals surface area contributed by atoms with Crippen molar-refractivity contribution in [1.82, 2.24) is 10.6 Å². The van der Waals surface area contributed by atoms with Gasteiger partial charge in [-0.1, -0.05) is 63.2 Å². The van der Waals surface area contributed by atoms with E-state index in [1.54, 1.807) is 0 Å². The van der Waals surface area contributed by atoms with Crippen LogP contribution in [-0.4, -0.2) is 37.5 Å². The first-order valence-corrected chi connectivity index (χ1v) is 11.5. The van der Waals surface area contributed by atoms with Crippen LogP contribution in [-0.2, 0) is 4.79 Å². The zero-order valence-corrected chi connectivity index (χ0v) is 18.9. The largest absolute Gasteiger partial charge is 0.371 e. The molecule has 1 saturated heterocycles. The number of amides is 2. The van der Waals surface area contributed by atoms with Gasteiger partial charge in [0.25, 0.3) is 5.91 Å². The van der Waals surface area contributed by atoms with Crippen LogP contribution in [0.2, 0.25) is 0 Å². The number of rotatable bonds is 8. The molecule has 1 unspecified atom stereocenters. The van der Waals surface area contributed by atoms with Crippen molar-refractivity contribution >= 4 is 17.5 Å². The highest BCUT2D eigenvalue weighted by molar-refractivity contribution is 5.99. The summed E-state index contributed by atoms with van der Waals surface area (Å²) in [6.45, 7) is 8.55. The summed E-state index contributed by atoms with van der Waals surface area (Å²) in [5, 5.41) is 6.29. The number of benzene rings is 2. The Balaban J connectivity index is 1.59. The number of nitrogens with zero attached hydrogens (tertiary/aromatic N) is 1. The Hall–Kier alpha value is -2.82. The molecule has 1 aliphatic heterocycles. The number of carbonyl (C=O) groups excluding carboxylic acids is 2. The molecular formula is C26H35N3O2. The molecule has 0 radical (unpaired) electrons. The maximum absolute atomic E-state index is 12.9. The van der Waals surface area contributed by atoms with Gasteiger partial charge in [-0.25, -0.2) is 0 Å². The van der Waals surface area contributed by atoms with Gasteiger partial charge in [0.05, 0.1) is 11.5 Å². The van der Waals surface area contributed by atoms with Crippen molar-refractivity contribution in [3.05, 3.63) is 65.7 Å². The van der Waals surface area contributed by atoms with E-state index < -0.39 is 0 Å². The second kappa shape index (κ2) is 11.0. The van der Waals surface area contributed by atoms with Crippen molar-refractivity contribution in [3.63, 3.8) is 0 Å². The Morgan fingerprint density at radius 2 is 1.65 bits per heavy atom. The normalized spacial score (nSPS) is 15.5. The van der Waals surface area contributed by atoms with Crippen LogP contribution >= 0.6 is 0 Å². The Bertz CT molecular complexity index is 858. The molecule has 1 fully saturated rings. The van der Waals surface area contributed by atoms with E-state index in [0.717, 1.165) is 49.2 Å². The van der Waals surface area contributed by atoms with Crippen LogP contribution in [0, 0.1) is 5.92 Å². The molecule has 0 bridgehead atoms. The fourth-order valence-corrected chi connectivity index (χ4v) is 4.16. The Morgan fingerprint density at radius 3 is 2.29 bits per heavy atom. The SMILES string of the molecule is CCC(C(=O)NC1CCN(c2ccccc2C(=O)NCC(C)C)CC1)c1ccccc1. The highest BCUT2D eigenvalue weighted by Gasteiger charge is 2.26. The van der Waals surface area contributed by atoms with E-state index in [0.29, 0.717) is 12.5 Å². The van der Waals surface area contributed by atoms with Crippen molar-refractivity contribution in [2.45, 2.75) is 52.0 Å². The van der Waals surface area contributed by atoms with Crippen LogP contribution < -0.4 is 15.5 Å². The molecule has 0 spiro atoms. The maximum Gasteiger partial charge on any atom is 0.253 e. The van der Waals surface area contributed by atoms with Crippen LogP contribution in [0.1, 0.15) is 61.9 Å². The van der Waals surface area contributed by atoms with Gasteiger partial charge in [-0.15, -0.1) is 0 Å². The molecular weight excluding hydrogens is 386 g/mol. The number of hydrogen-bond donors (Lipinski definition) is 2. The third-order valence-corrected chi connectivity index (χ3v) is 5.93. The van der Waals surface area contributed by atoms with E-state index in [2.05, 4.69) is 36.3 Å². The Labute approximate surface area is 186 Å². The lowest BCUT2D eigenvalue weighted by Crippen LogP contribution is -2.46. The number of para-hydroxylation sites is 1. The molecule has 1 heterocycles. The molecule has 2 aromatic rings. The summed E-state index contributed by atoms with van der Waals surface area (Å²) >= 11 is 0. The average molecular weight is 422 g/mol. The zero-order valence-electron chi connectivity index (χ0n) is 18.9. The van der Waals surface area contributed by atoms with Gasteiger partial charge in [-0.3, -0.25) is 9.59 Å². The van der Waals surface area contributed by atoms with Crippen LogP contribution in [0.25, 0.3) is 0 Å². The Morgan fingerprint density at radius 1 is 1.00 bits per heavy atom. The molecule has 2 amide bonds. The summed E-state index contributed by atoms with van der Waals surface area (Å²) in [4.78, 5) is 27.8. The summed E-state index contributed by atoms with van der Waals surface area (Å²) in [5.74, 6) is 0.400. The van der Waals surface area contributed by atoms with Gasteiger partial charge in [0.15, 0.2) is 0 Å². The van der Waals surface area contributed by atoms with Gasteiger partial charge in [-0.05, 0) is 42.9 Å². The average Bonchev–Trinajstić information content (AvgIpc) is 2.79. The van der Waals surface area contributed by atoms with E-state index in [1.165, 1.54) is 0 Å². The first-order valence-electron chi connectivity index (χ1n) is 11.5. The van der Waals surface area contributed by atoms with Gasteiger partial charge < -0.3 is 15.5 Å². The van der Waals surface area contributed by atoms with E-state index in [-0.39, 0.29) is 23.8 Å². The van der Waals surface area contributed by atoms with Crippen molar-refractivity contribution in [2.75, 3.05) is 24.5 Å². The molecule has 2 N–H and O–H groups in total. The number of carbonyl (C=O) groups is 2. The van der Waals surface area contributed by atoms with E-state index in [9.17, 15) is 9.59 Å². The lowest BCUT2D eigenvalue weighted by Gasteiger charge is -2.35. The molecule has 3 rings (SSSR count). The summed E-state index contributed by atoms with van der Waals surface area (Å²) in [5.41, 5.74) is 2.77. The number of hydrogen-bond acceptors (Lipinski definition) is 3.